The minimum Gasteiger partial charge on any atom is -0.359 e. The van der Waals surface area contributed by atoms with E-state index in [4.69, 9.17) is 0 Å². The normalized spacial score (nSPS) is 17.7. The highest BCUT2D eigenvalue weighted by atomic mass is 32.1. The van der Waals surface area contributed by atoms with Crippen LogP contribution in [0.1, 0.15) is 37.1 Å². The Morgan fingerprint density at radius 2 is 2.18 bits per heavy atom. The van der Waals surface area contributed by atoms with Crippen LogP contribution in [-0.2, 0) is 6.42 Å². The van der Waals surface area contributed by atoms with Crippen molar-refractivity contribution < 1.29 is 4.39 Å². The maximum atomic E-state index is 13.8. The van der Waals surface area contributed by atoms with E-state index in [2.05, 4.69) is 33.6 Å². The highest BCUT2D eigenvalue weighted by molar-refractivity contribution is 7.22. The summed E-state index contributed by atoms with van der Waals surface area (Å²) in [4.78, 5) is 8.16. The van der Waals surface area contributed by atoms with Gasteiger partial charge in [0.1, 0.15) is 5.82 Å². The molecule has 2 unspecified atom stereocenters. The van der Waals surface area contributed by atoms with Crippen molar-refractivity contribution in [1.29, 1.82) is 0 Å². The number of rotatable bonds is 5. The Hall–Kier alpha value is -2.44. The lowest BCUT2D eigenvalue weighted by molar-refractivity contribution is 0.452. The number of fused-ring (bicyclic) bond motifs is 4. The number of thiazole rings is 1. The molecule has 2 atom stereocenters. The molecule has 28 heavy (non-hydrogen) atoms. The number of hydrogen-bond donors (Lipinski definition) is 3. The van der Waals surface area contributed by atoms with Crippen molar-refractivity contribution in [2.75, 3.05) is 11.9 Å². The lowest BCUT2D eigenvalue weighted by Crippen LogP contribution is -2.30. The molecule has 1 aliphatic rings. The molecule has 3 N–H and O–H groups in total. The lowest BCUT2D eigenvalue weighted by Gasteiger charge is -2.26. The second-order valence-electron chi connectivity index (χ2n) is 7.57. The molecule has 4 aromatic rings. The number of aromatic nitrogens is 2. The molecular formula is C22H23FN4S. The predicted molar refractivity (Wildman–Crippen MR) is 115 cm³/mol. The summed E-state index contributed by atoms with van der Waals surface area (Å²) < 4.78 is 15.0. The smallest absolute Gasteiger partial charge is 0.183 e. The van der Waals surface area contributed by atoms with E-state index in [1.54, 1.807) is 17.4 Å². The molecule has 0 aliphatic carbocycles. The zero-order valence-electron chi connectivity index (χ0n) is 15.8. The van der Waals surface area contributed by atoms with Gasteiger partial charge in [-0.15, -0.1) is 0 Å². The number of halogens is 1. The highest BCUT2D eigenvalue weighted by Gasteiger charge is 2.25. The third-order valence-electron chi connectivity index (χ3n) is 5.55. The topological polar surface area (TPSA) is 52.7 Å². The highest BCUT2D eigenvalue weighted by Crippen LogP contribution is 2.34. The number of benzene rings is 2. The summed E-state index contributed by atoms with van der Waals surface area (Å²) in [6.07, 6.45) is 2.96. The van der Waals surface area contributed by atoms with Crippen LogP contribution in [0, 0.1) is 5.82 Å². The molecule has 0 saturated heterocycles. The van der Waals surface area contributed by atoms with E-state index >= 15 is 0 Å². The van der Waals surface area contributed by atoms with Crippen molar-refractivity contribution in [2.45, 2.75) is 38.3 Å². The summed E-state index contributed by atoms with van der Waals surface area (Å²) in [7, 11) is 0. The summed E-state index contributed by atoms with van der Waals surface area (Å²) in [5, 5.41) is 9.16. The molecule has 0 spiro atoms. The van der Waals surface area contributed by atoms with Crippen molar-refractivity contribution in [3.8, 4) is 0 Å². The monoisotopic (exact) mass is 394 g/mol. The zero-order valence-corrected chi connectivity index (χ0v) is 16.6. The molecule has 2 aromatic carbocycles. The van der Waals surface area contributed by atoms with E-state index in [0.717, 1.165) is 47.4 Å². The quantitative estimate of drug-likeness (QED) is 0.426. The molecule has 3 heterocycles. The van der Waals surface area contributed by atoms with E-state index in [1.165, 1.54) is 22.0 Å². The average molecular weight is 395 g/mol. The largest absolute Gasteiger partial charge is 0.359 e. The van der Waals surface area contributed by atoms with Crippen LogP contribution >= 0.6 is 11.3 Å². The lowest BCUT2D eigenvalue weighted by atomic mass is 9.93. The fourth-order valence-electron chi connectivity index (χ4n) is 4.19. The number of para-hydroxylation sites is 1. The first-order chi connectivity index (χ1) is 13.7. The van der Waals surface area contributed by atoms with Gasteiger partial charge >= 0.3 is 0 Å². The van der Waals surface area contributed by atoms with Crippen molar-refractivity contribution in [3.63, 3.8) is 0 Å². The summed E-state index contributed by atoms with van der Waals surface area (Å²) >= 11 is 1.70. The first-order valence-corrected chi connectivity index (χ1v) is 10.6. The van der Waals surface area contributed by atoms with E-state index in [-0.39, 0.29) is 11.9 Å². The Morgan fingerprint density at radius 1 is 1.29 bits per heavy atom. The van der Waals surface area contributed by atoms with E-state index in [1.807, 2.05) is 24.3 Å². The molecule has 0 fully saturated rings. The van der Waals surface area contributed by atoms with Crippen molar-refractivity contribution in [1.82, 2.24) is 15.3 Å². The fraction of sp³-hybridized carbons (Fsp3) is 0.318. The third-order valence-corrected chi connectivity index (χ3v) is 6.52. The van der Waals surface area contributed by atoms with Crippen LogP contribution in [0.25, 0.3) is 21.1 Å². The second-order valence-corrected chi connectivity index (χ2v) is 8.60. The van der Waals surface area contributed by atoms with Gasteiger partial charge < -0.3 is 15.6 Å². The van der Waals surface area contributed by atoms with Gasteiger partial charge in [0, 0.05) is 41.6 Å². The Balaban J connectivity index is 1.30. The zero-order chi connectivity index (χ0) is 19.1. The maximum absolute atomic E-state index is 13.8. The number of anilines is 1. The first-order valence-electron chi connectivity index (χ1n) is 9.83. The Kier molecular flexibility index (Phi) is 4.53. The number of aromatic amines is 1. The minimum absolute atomic E-state index is 0.176. The van der Waals surface area contributed by atoms with Crippen LogP contribution in [0.15, 0.2) is 42.5 Å². The first kappa shape index (κ1) is 17.6. The molecular weight excluding hydrogens is 371 g/mol. The van der Waals surface area contributed by atoms with Crippen LogP contribution in [0.3, 0.4) is 0 Å². The van der Waals surface area contributed by atoms with Crippen LogP contribution in [0.5, 0.6) is 0 Å². The molecule has 2 aromatic heterocycles. The Morgan fingerprint density at radius 3 is 3.07 bits per heavy atom. The van der Waals surface area contributed by atoms with Gasteiger partial charge in [-0.05, 0) is 55.7 Å². The van der Waals surface area contributed by atoms with Crippen molar-refractivity contribution in [2.24, 2.45) is 0 Å². The molecule has 0 saturated carbocycles. The molecule has 5 rings (SSSR count). The summed E-state index contributed by atoms with van der Waals surface area (Å²) in [6, 6.07) is 13.8. The van der Waals surface area contributed by atoms with Gasteiger partial charge in [0.2, 0.25) is 0 Å². The van der Waals surface area contributed by atoms with Crippen molar-refractivity contribution in [3.05, 3.63) is 59.5 Å². The van der Waals surface area contributed by atoms with Crippen LogP contribution in [0.4, 0.5) is 9.52 Å². The van der Waals surface area contributed by atoms with Gasteiger partial charge in [-0.25, -0.2) is 9.37 Å². The molecule has 0 radical (unpaired) electrons. The standard InChI is InChI=1S/C22H23FN4S/c1-13(25-22-27-17-4-2-3-5-20(17)28-22)6-8-18-21-15-12-14(23)7-9-16(15)26-19(21)10-11-24-18/h2-5,7,9,12-13,18,24,26H,6,8,10-11H2,1H3,(H,25,27). The van der Waals surface area contributed by atoms with E-state index < -0.39 is 0 Å². The number of nitrogens with one attached hydrogen (secondary N) is 3. The van der Waals surface area contributed by atoms with Crippen LogP contribution in [-0.4, -0.2) is 22.6 Å². The third kappa shape index (κ3) is 3.27. The average Bonchev–Trinajstić information content (AvgIpc) is 3.26. The minimum atomic E-state index is -0.176. The number of hydrogen-bond acceptors (Lipinski definition) is 4. The number of H-pyrrole nitrogens is 1. The maximum Gasteiger partial charge on any atom is 0.183 e. The van der Waals surface area contributed by atoms with Gasteiger partial charge in [-0.2, -0.15) is 0 Å². The second kappa shape index (κ2) is 7.18. The predicted octanol–water partition coefficient (Wildman–Crippen LogP) is 5.38. The molecule has 4 nitrogen and oxygen atoms in total. The van der Waals surface area contributed by atoms with E-state index in [0.29, 0.717) is 6.04 Å². The van der Waals surface area contributed by atoms with Crippen LogP contribution in [0.2, 0.25) is 0 Å². The van der Waals surface area contributed by atoms with E-state index in [9.17, 15) is 4.39 Å². The van der Waals surface area contributed by atoms with Crippen molar-refractivity contribution >= 4 is 37.6 Å². The Bertz CT molecular complexity index is 1100. The molecule has 0 amide bonds. The van der Waals surface area contributed by atoms with Gasteiger partial charge in [0.25, 0.3) is 0 Å². The number of nitrogens with zero attached hydrogens (tertiary/aromatic N) is 1. The Labute approximate surface area is 167 Å². The SMILES string of the molecule is CC(CCC1NCCc2[nH]c3ccc(F)cc3c21)Nc1nc2ccccc2s1. The van der Waals surface area contributed by atoms with Crippen LogP contribution < -0.4 is 10.6 Å². The summed E-state index contributed by atoms with van der Waals surface area (Å²) in [6.45, 7) is 3.15. The van der Waals surface area contributed by atoms with Gasteiger partial charge in [0.05, 0.1) is 10.2 Å². The van der Waals surface area contributed by atoms with Gasteiger partial charge in [-0.1, -0.05) is 23.5 Å². The summed E-state index contributed by atoms with van der Waals surface area (Å²) in [5.41, 5.74) is 4.56. The van der Waals surface area contributed by atoms with Gasteiger partial charge in [0.15, 0.2) is 5.13 Å². The fourth-order valence-corrected chi connectivity index (χ4v) is 5.17. The summed E-state index contributed by atoms with van der Waals surface area (Å²) in [5.74, 6) is -0.176. The van der Waals surface area contributed by atoms with Gasteiger partial charge in [-0.3, -0.25) is 0 Å². The molecule has 6 heteroatoms. The molecule has 144 valence electrons. The molecule has 0 bridgehead atoms. The molecule has 1 aliphatic heterocycles.